The highest BCUT2D eigenvalue weighted by molar-refractivity contribution is 8.01. The SMILES string of the molecule is COCCNCc1ccc(Sc2nnc(C)s2)nc1. The molecule has 0 fully saturated rings. The van der Waals surface area contributed by atoms with Gasteiger partial charge in [0.05, 0.1) is 6.61 Å². The molecule has 0 unspecified atom stereocenters. The Morgan fingerprint density at radius 2 is 2.26 bits per heavy atom. The lowest BCUT2D eigenvalue weighted by Crippen LogP contribution is -2.18. The molecule has 102 valence electrons. The normalized spacial score (nSPS) is 10.8. The zero-order valence-corrected chi connectivity index (χ0v) is 12.6. The lowest BCUT2D eigenvalue weighted by Gasteiger charge is -2.04. The second-order valence-electron chi connectivity index (χ2n) is 3.86. The molecule has 2 aromatic heterocycles. The highest BCUT2D eigenvalue weighted by Crippen LogP contribution is 2.28. The molecule has 0 saturated heterocycles. The summed E-state index contributed by atoms with van der Waals surface area (Å²) in [4.78, 5) is 4.41. The van der Waals surface area contributed by atoms with Gasteiger partial charge in [0, 0.05) is 26.4 Å². The maximum atomic E-state index is 4.97. The number of methoxy groups -OCH3 is 1. The summed E-state index contributed by atoms with van der Waals surface area (Å²) in [5.74, 6) is 0. The molecule has 0 aliphatic heterocycles. The van der Waals surface area contributed by atoms with Gasteiger partial charge in [-0.1, -0.05) is 17.4 Å². The topological polar surface area (TPSA) is 59.9 Å². The van der Waals surface area contributed by atoms with Crippen LogP contribution in [0.2, 0.25) is 0 Å². The van der Waals surface area contributed by atoms with Crippen LogP contribution in [0.15, 0.2) is 27.7 Å². The summed E-state index contributed by atoms with van der Waals surface area (Å²) in [6.45, 7) is 4.32. The molecule has 2 rings (SSSR count). The Kier molecular flexibility index (Phi) is 5.71. The van der Waals surface area contributed by atoms with Gasteiger partial charge < -0.3 is 10.1 Å². The van der Waals surface area contributed by atoms with Crippen molar-refractivity contribution in [2.75, 3.05) is 20.3 Å². The monoisotopic (exact) mass is 296 g/mol. The van der Waals surface area contributed by atoms with Crippen molar-refractivity contribution >= 4 is 23.1 Å². The van der Waals surface area contributed by atoms with E-state index in [-0.39, 0.29) is 0 Å². The van der Waals surface area contributed by atoms with Crippen molar-refractivity contribution in [3.63, 3.8) is 0 Å². The van der Waals surface area contributed by atoms with Crippen LogP contribution in [0, 0.1) is 6.92 Å². The number of nitrogens with zero attached hydrogens (tertiary/aromatic N) is 3. The van der Waals surface area contributed by atoms with Gasteiger partial charge >= 0.3 is 0 Å². The van der Waals surface area contributed by atoms with E-state index in [1.165, 1.54) is 0 Å². The molecule has 0 atom stereocenters. The van der Waals surface area contributed by atoms with Crippen molar-refractivity contribution in [2.24, 2.45) is 0 Å². The molecular weight excluding hydrogens is 280 g/mol. The summed E-state index contributed by atoms with van der Waals surface area (Å²) in [6.07, 6.45) is 1.88. The van der Waals surface area contributed by atoms with E-state index in [0.717, 1.165) is 39.6 Å². The molecule has 5 nitrogen and oxygen atoms in total. The quantitative estimate of drug-likeness (QED) is 0.790. The van der Waals surface area contributed by atoms with E-state index in [4.69, 9.17) is 4.74 Å². The number of pyridine rings is 1. The van der Waals surface area contributed by atoms with Gasteiger partial charge in [-0.15, -0.1) is 10.2 Å². The zero-order valence-electron chi connectivity index (χ0n) is 10.9. The number of aromatic nitrogens is 3. The molecule has 0 aliphatic carbocycles. The maximum Gasteiger partial charge on any atom is 0.180 e. The lowest BCUT2D eigenvalue weighted by atomic mass is 10.3. The van der Waals surface area contributed by atoms with Gasteiger partial charge in [-0.05, 0) is 30.3 Å². The summed E-state index contributed by atoms with van der Waals surface area (Å²) in [7, 11) is 1.70. The first kappa shape index (κ1) is 14.4. The zero-order chi connectivity index (χ0) is 13.5. The molecule has 0 aromatic carbocycles. The third kappa shape index (κ3) is 4.87. The molecule has 0 saturated carbocycles. The second-order valence-corrected chi connectivity index (χ2v) is 6.31. The van der Waals surface area contributed by atoms with Crippen LogP contribution >= 0.6 is 23.1 Å². The molecule has 0 spiro atoms. The number of ether oxygens (including phenoxy) is 1. The molecule has 2 heterocycles. The van der Waals surface area contributed by atoms with Gasteiger partial charge in [-0.2, -0.15) is 0 Å². The molecule has 0 radical (unpaired) electrons. The van der Waals surface area contributed by atoms with Gasteiger partial charge in [0.2, 0.25) is 0 Å². The molecular formula is C12H16N4OS2. The number of hydrogen-bond donors (Lipinski definition) is 1. The number of rotatable bonds is 7. The molecule has 0 bridgehead atoms. The fourth-order valence-electron chi connectivity index (χ4n) is 1.39. The second kappa shape index (κ2) is 7.54. The van der Waals surface area contributed by atoms with Gasteiger partial charge in [0.1, 0.15) is 10.0 Å². The summed E-state index contributed by atoms with van der Waals surface area (Å²) in [5, 5.41) is 13.3. The largest absolute Gasteiger partial charge is 0.383 e. The summed E-state index contributed by atoms with van der Waals surface area (Å²) >= 11 is 3.12. The van der Waals surface area contributed by atoms with E-state index in [0.29, 0.717) is 0 Å². The van der Waals surface area contributed by atoms with Crippen molar-refractivity contribution in [2.45, 2.75) is 22.8 Å². The third-order valence-corrected chi connectivity index (χ3v) is 4.15. The fraction of sp³-hybridized carbons (Fsp3) is 0.417. The van der Waals surface area contributed by atoms with Crippen LogP contribution in [0.4, 0.5) is 0 Å². The van der Waals surface area contributed by atoms with Gasteiger partial charge in [-0.3, -0.25) is 0 Å². The number of hydrogen-bond acceptors (Lipinski definition) is 7. The summed E-state index contributed by atoms with van der Waals surface area (Å²) in [5.41, 5.74) is 1.16. The van der Waals surface area contributed by atoms with Crippen molar-refractivity contribution in [3.8, 4) is 0 Å². The molecule has 0 aliphatic rings. The minimum Gasteiger partial charge on any atom is -0.383 e. The maximum absolute atomic E-state index is 4.97. The van der Waals surface area contributed by atoms with E-state index in [9.17, 15) is 0 Å². The number of aryl methyl sites for hydroxylation is 1. The van der Waals surface area contributed by atoms with Crippen LogP contribution in [0.25, 0.3) is 0 Å². The molecule has 19 heavy (non-hydrogen) atoms. The molecule has 7 heteroatoms. The lowest BCUT2D eigenvalue weighted by molar-refractivity contribution is 0.199. The Bertz CT molecular complexity index is 501. The smallest absolute Gasteiger partial charge is 0.180 e. The predicted octanol–water partition coefficient (Wildman–Crippen LogP) is 2.13. The van der Waals surface area contributed by atoms with Crippen LogP contribution in [0.5, 0.6) is 0 Å². The standard InChI is InChI=1S/C12H16N4OS2/c1-9-15-16-12(18-9)19-11-4-3-10(8-14-11)7-13-5-6-17-2/h3-4,8,13H,5-7H2,1-2H3. The first-order valence-corrected chi connectivity index (χ1v) is 7.54. The summed E-state index contributed by atoms with van der Waals surface area (Å²) in [6, 6.07) is 4.08. The van der Waals surface area contributed by atoms with E-state index in [1.807, 2.05) is 19.2 Å². The van der Waals surface area contributed by atoms with Gasteiger partial charge in [0.25, 0.3) is 0 Å². The number of nitrogens with one attached hydrogen (secondary N) is 1. The van der Waals surface area contributed by atoms with Crippen LogP contribution in [-0.4, -0.2) is 35.4 Å². The van der Waals surface area contributed by atoms with Crippen LogP contribution in [-0.2, 0) is 11.3 Å². The average Bonchev–Trinajstić information content (AvgIpc) is 2.82. The first-order valence-electron chi connectivity index (χ1n) is 5.90. The van der Waals surface area contributed by atoms with Crippen LogP contribution in [0.1, 0.15) is 10.6 Å². The summed E-state index contributed by atoms with van der Waals surface area (Å²) < 4.78 is 5.90. The van der Waals surface area contributed by atoms with Crippen LogP contribution < -0.4 is 5.32 Å². The van der Waals surface area contributed by atoms with Gasteiger partial charge in [-0.25, -0.2) is 4.98 Å². The molecule has 0 amide bonds. The van der Waals surface area contributed by atoms with E-state index >= 15 is 0 Å². The van der Waals surface area contributed by atoms with Crippen molar-refractivity contribution in [1.82, 2.24) is 20.5 Å². The Balaban J connectivity index is 1.84. The Labute approximate surface area is 120 Å². The minimum atomic E-state index is 0.720. The average molecular weight is 296 g/mol. The predicted molar refractivity (Wildman–Crippen MR) is 76.6 cm³/mol. The highest BCUT2D eigenvalue weighted by atomic mass is 32.2. The van der Waals surface area contributed by atoms with Crippen molar-refractivity contribution < 1.29 is 4.74 Å². The first-order chi connectivity index (χ1) is 9.28. The van der Waals surface area contributed by atoms with Gasteiger partial charge in [0.15, 0.2) is 4.34 Å². The minimum absolute atomic E-state index is 0.720. The van der Waals surface area contributed by atoms with Crippen molar-refractivity contribution in [3.05, 3.63) is 28.9 Å². The molecule has 2 aromatic rings. The fourth-order valence-corrected chi connectivity index (χ4v) is 3.09. The third-order valence-electron chi connectivity index (χ3n) is 2.31. The van der Waals surface area contributed by atoms with E-state index in [2.05, 4.69) is 26.6 Å². The Hall–Kier alpha value is -1.02. The van der Waals surface area contributed by atoms with Crippen molar-refractivity contribution in [1.29, 1.82) is 0 Å². The molecule has 1 N–H and O–H groups in total. The Morgan fingerprint density at radius 3 is 2.89 bits per heavy atom. The van der Waals surface area contributed by atoms with Crippen LogP contribution in [0.3, 0.4) is 0 Å². The Morgan fingerprint density at radius 1 is 1.37 bits per heavy atom. The van der Waals surface area contributed by atoms with E-state index < -0.39 is 0 Å². The van der Waals surface area contributed by atoms with E-state index in [1.54, 1.807) is 30.2 Å². The highest BCUT2D eigenvalue weighted by Gasteiger charge is 2.04.